The van der Waals surface area contributed by atoms with Crippen molar-refractivity contribution in [3.63, 3.8) is 0 Å². The summed E-state index contributed by atoms with van der Waals surface area (Å²) in [5, 5.41) is 10.6. The van der Waals surface area contributed by atoms with Crippen LogP contribution in [0.15, 0.2) is 0 Å². The van der Waals surface area contributed by atoms with E-state index in [4.69, 9.17) is 37.0 Å². The molecule has 0 aliphatic heterocycles. The number of esters is 4. The van der Waals surface area contributed by atoms with Gasteiger partial charge in [0.15, 0.2) is 12.2 Å². The van der Waals surface area contributed by atoms with Crippen LogP contribution in [-0.4, -0.2) is 96.7 Å². The first-order chi connectivity index (χ1) is 42.2. The maximum atomic E-state index is 13.0. The van der Waals surface area contributed by atoms with Crippen LogP contribution in [0.5, 0.6) is 0 Å². The van der Waals surface area contributed by atoms with Gasteiger partial charge >= 0.3 is 39.5 Å². The normalized spacial score (nSPS) is 14.2. The lowest BCUT2D eigenvalue weighted by atomic mass is 10.0. The molecule has 17 nitrogen and oxygen atoms in total. The van der Waals surface area contributed by atoms with Crippen molar-refractivity contribution in [2.75, 3.05) is 39.6 Å². The molecular formula is C69H134O17P2. The molecule has 0 spiro atoms. The van der Waals surface area contributed by atoms with Crippen molar-refractivity contribution in [2.45, 2.75) is 362 Å². The molecule has 0 fully saturated rings. The number of rotatable bonds is 67. The van der Waals surface area contributed by atoms with E-state index in [0.29, 0.717) is 31.6 Å². The Labute approximate surface area is 537 Å². The van der Waals surface area contributed by atoms with E-state index in [1.165, 1.54) is 154 Å². The van der Waals surface area contributed by atoms with E-state index < -0.39 is 97.5 Å². The molecule has 0 aliphatic rings. The summed E-state index contributed by atoms with van der Waals surface area (Å²) in [5.74, 6) is 0.0709. The van der Waals surface area contributed by atoms with Crippen molar-refractivity contribution in [3.8, 4) is 0 Å². The zero-order chi connectivity index (χ0) is 65.2. The number of phosphoric acid groups is 2. The predicted octanol–water partition coefficient (Wildman–Crippen LogP) is 19.5. The highest BCUT2D eigenvalue weighted by molar-refractivity contribution is 7.47. The first-order valence-corrected chi connectivity index (χ1v) is 38.8. The van der Waals surface area contributed by atoms with Crippen LogP contribution < -0.4 is 0 Å². The summed E-state index contributed by atoms with van der Waals surface area (Å²) in [6.45, 7) is 11.7. The Bertz CT molecular complexity index is 1730. The van der Waals surface area contributed by atoms with E-state index in [2.05, 4.69) is 48.5 Å². The minimum atomic E-state index is -4.95. The molecule has 0 aromatic rings. The molecule has 0 aliphatic carbocycles. The second-order valence-electron chi connectivity index (χ2n) is 26.3. The van der Waals surface area contributed by atoms with Crippen LogP contribution in [0.2, 0.25) is 0 Å². The SMILES string of the molecule is CCCCCCCCCCCC(=O)OC[C@H](COP(=O)(O)OC[C@H](O)COP(=O)(O)OC[C@@H](COC(=O)CCCCCCCCCCC(C)C)OC(=O)CCCCCCCCCCCCCCCCCCC(C)C)OC(=O)CCCCCCCCC(C)C. The summed E-state index contributed by atoms with van der Waals surface area (Å²) in [6.07, 6.45) is 43.4. The lowest BCUT2D eigenvalue weighted by Gasteiger charge is -2.21. The smallest absolute Gasteiger partial charge is 0.462 e. The Morgan fingerprint density at radius 3 is 0.773 bits per heavy atom. The monoisotopic (exact) mass is 1300 g/mol. The third-order valence-electron chi connectivity index (χ3n) is 15.9. The van der Waals surface area contributed by atoms with Gasteiger partial charge in [-0.3, -0.25) is 37.3 Å². The standard InChI is InChI=1S/C69H134O17P2/c1-8-9-10-11-12-21-28-36-43-50-66(71)79-57-65(86-69(74)53-46-39-32-31-35-42-49-62(6)7)59-84-88(77,78)82-55-63(70)54-81-87(75,76)83-58-64(56-80-67(72)51-44-37-29-25-24-27-34-41-48-61(4)5)85-68(73)52-45-38-30-23-20-18-16-14-13-15-17-19-22-26-33-40-47-60(2)3/h60-65,70H,8-59H2,1-7H3,(H,75,76)(H,77,78)/t63-,64-,65-/m1/s1. The van der Waals surface area contributed by atoms with Gasteiger partial charge in [0.05, 0.1) is 26.4 Å². The molecule has 2 unspecified atom stereocenters. The third kappa shape index (κ3) is 62.8. The highest BCUT2D eigenvalue weighted by Crippen LogP contribution is 2.45. The average Bonchev–Trinajstić information content (AvgIpc) is 3.59. The van der Waals surface area contributed by atoms with Crippen molar-refractivity contribution in [2.24, 2.45) is 17.8 Å². The van der Waals surface area contributed by atoms with Crippen LogP contribution in [0, 0.1) is 17.8 Å². The fourth-order valence-corrected chi connectivity index (χ4v) is 11.9. The number of carbonyl (C=O) groups excluding carboxylic acids is 4. The molecule has 0 radical (unpaired) electrons. The molecule has 0 rings (SSSR count). The van der Waals surface area contributed by atoms with Crippen LogP contribution >= 0.6 is 15.6 Å². The summed E-state index contributed by atoms with van der Waals surface area (Å²) in [6, 6.07) is 0. The number of hydrogen-bond acceptors (Lipinski definition) is 15. The van der Waals surface area contributed by atoms with Gasteiger partial charge in [-0.1, -0.05) is 292 Å². The van der Waals surface area contributed by atoms with Gasteiger partial charge in [-0.05, 0) is 43.4 Å². The van der Waals surface area contributed by atoms with Gasteiger partial charge in [-0.25, -0.2) is 9.13 Å². The molecule has 0 aromatic heterocycles. The van der Waals surface area contributed by atoms with E-state index in [1.807, 2.05) is 0 Å². The fourth-order valence-electron chi connectivity index (χ4n) is 10.4. The molecule has 0 bridgehead atoms. The summed E-state index contributed by atoms with van der Waals surface area (Å²) in [7, 11) is -9.89. The summed E-state index contributed by atoms with van der Waals surface area (Å²) in [4.78, 5) is 72.3. The fraction of sp³-hybridized carbons (Fsp3) is 0.942. The van der Waals surface area contributed by atoms with Gasteiger partial charge in [0.25, 0.3) is 0 Å². The van der Waals surface area contributed by atoms with Crippen LogP contribution in [0.1, 0.15) is 344 Å². The molecule has 0 aromatic carbocycles. The van der Waals surface area contributed by atoms with E-state index in [9.17, 15) is 43.2 Å². The summed E-state index contributed by atoms with van der Waals surface area (Å²) < 4.78 is 68.1. The lowest BCUT2D eigenvalue weighted by molar-refractivity contribution is -0.161. The zero-order valence-corrected chi connectivity index (χ0v) is 59.0. The Balaban J connectivity index is 5.18. The Hall–Kier alpha value is -1.94. The largest absolute Gasteiger partial charge is 0.472 e. The molecule has 3 N–H and O–H groups in total. The number of carbonyl (C=O) groups is 4. The van der Waals surface area contributed by atoms with Gasteiger partial charge in [-0.15, -0.1) is 0 Å². The zero-order valence-electron chi connectivity index (χ0n) is 57.2. The molecule has 19 heteroatoms. The van der Waals surface area contributed by atoms with Gasteiger partial charge in [0, 0.05) is 25.7 Å². The summed E-state index contributed by atoms with van der Waals surface area (Å²) >= 11 is 0. The van der Waals surface area contributed by atoms with Gasteiger partial charge in [0.1, 0.15) is 19.3 Å². The lowest BCUT2D eigenvalue weighted by Crippen LogP contribution is -2.30. The maximum Gasteiger partial charge on any atom is 0.472 e. The van der Waals surface area contributed by atoms with E-state index in [-0.39, 0.29) is 25.7 Å². The van der Waals surface area contributed by atoms with Crippen molar-refractivity contribution in [3.05, 3.63) is 0 Å². The molecule has 0 saturated carbocycles. The van der Waals surface area contributed by atoms with E-state index in [1.54, 1.807) is 0 Å². The molecular weight excluding hydrogens is 1160 g/mol. The van der Waals surface area contributed by atoms with Crippen LogP contribution in [0.4, 0.5) is 0 Å². The van der Waals surface area contributed by atoms with E-state index >= 15 is 0 Å². The second-order valence-corrected chi connectivity index (χ2v) is 29.3. The van der Waals surface area contributed by atoms with Crippen molar-refractivity contribution in [1.82, 2.24) is 0 Å². The number of aliphatic hydroxyl groups is 1. The number of ether oxygens (including phenoxy) is 4. The molecule has 5 atom stereocenters. The van der Waals surface area contributed by atoms with Gasteiger partial charge in [-0.2, -0.15) is 0 Å². The van der Waals surface area contributed by atoms with Crippen molar-refractivity contribution >= 4 is 39.5 Å². The van der Waals surface area contributed by atoms with Crippen molar-refractivity contribution < 1.29 is 80.2 Å². The number of hydrogen-bond donors (Lipinski definition) is 3. The molecule has 88 heavy (non-hydrogen) atoms. The molecule has 0 heterocycles. The quantitative estimate of drug-likeness (QED) is 0.0222. The highest BCUT2D eigenvalue weighted by Gasteiger charge is 2.30. The summed E-state index contributed by atoms with van der Waals surface area (Å²) in [5.41, 5.74) is 0. The minimum absolute atomic E-state index is 0.102. The first kappa shape index (κ1) is 86.1. The minimum Gasteiger partial charge on any atom is -0.462 e. The number of phosphoric ester groups is 2. The molecule has 522 valence electrons. The number of unbranched alkanes of at least 4 members (excludes halogenated alkanes) is 35. The van der Waals surface area contributed by atoms with Crippen LogP contribution in [-0.2, 0) is 65.4 Å². The third-order valence-corrected chi connectivity index (χ3v) is 17.8. The van der Waals surface area contributed by atoms with Crippen LogP contribution in [0.25, 0.3) is 0 Å². The molecule has 0 amide bonds. The van der Waals surface area contributed by atoms with Crippen LogP contribution in [0.3, 0.4) is 0 Å². The first-order valence-electron chi connectivity index (χ1n) is 35.8. The maximum absolute atomic E-state index is 13.0. The Morgan fingerprint density at radius 2 is 0.523 bits per heavy atom. The van der Waals surface area contributed by atoms with Crippen molar-refractivity contribution in [1.29, 1.82) is 0 Å². The predicted molar refractivity (Wildman–Crippen MR) is 354 cm³/mol. The average molecular weight is 1300 g/mol. The topological polar surface area (TPSA) is 237 Å². The molecule has 0 saturated heterocycles. The van der Waals surface area contributed by atoms with Gasteiger partial charge < -0.3 is 33.8 Å². The van der Waals surface area contributed by atoms with E-state index in [0.717, 1.165) is 102 Å². The Kier molecular flexibility index (Phi) is 58.7. The number of aliphatic hydroxyl groups excluding tert-OH is 1. The van der Waals surface area contributed by atoms with Gasteiger partial charge in [0.2, 0.25) is 0 Å². The highest BCUT2D eigenvalue weighted by atomic mass is 31.2. The Morgan fingerprint density at radius 1 is 0.307 bits per heavy atom. The second kappa shape index (κ2) is 60.0.